The summed E-state index contributed by atoms with van der Waals surface area (Å²) >= 11 is 0. The zero-order chi connectivity index (χ0) is 17.2. The van der Waals surface area contributed by atoms with Crippen molar-refractivity contribution in [3.63, 3.8) is 0 Å². The lowest BCUT2D eigenvalue weighted by Crippen LogP contribution is -2.40. The van der Waals surface area contributed by atoms with Gasteiger partial charge in [0.05, 0.1) is 0 Å². The van der Waals surface area contributed by atoms with Crippen LogP contribution < -0.4 is 0 Å². The summed E-state index contributed by atoms with van der Waals surface area (Å²) in [4.78, 5) is 15.5. The van der Waals surface area contributed by atoms with E-state index in [-0.39, 0.29) is 0 Å². The minimum absolute atomic E-state index is 0.453. The molecule has 1 atom stereocenters. The Morgan fingerprint density at radius 1 is 1.30 bits per heavy atom. The van der Waals surface area contributed by atoms with Gasteiger partial charge in [-0.2, -0.15) is 0 Å². The van der Waals surface area contributed by atoms with Crippen LogP contribution in [0.2, 0.25) is 0 Å². The van der Waals surface area contributed by atoms with Crippen LogP contribution in [0.15, 0.2) is 38.9 Å². The maximum Gasteiger partial charge on any atom is 0.119 e. The molecule has 0 N–H and O–H groups in total. The average Bonchev–Trinajstić information content (AvgIpc) is 2.61. The fourth-order valence-electron chi connectivity index (χ4n) is 2.79. The van der Waals surface area contributed by atoms with E-state index < -0.39 is 0 Å². The molecule has 23 heavy (non-hydrogen) atoms. The van der Waals surface area contributed by atoms with Gasteiger partial charge in [-0.1, -0.05) is 27.4 Å². The highest BCUT2D eigenvalue weighted by Gasteiger charge is 2.23. The first-order valence-corrected chi connectivity index (χ1v) is 8.80. The highest BCUT2D eigenvalue weighted by molar-refractivity contribution is 5.96. The Morgan fingerprint density at radius 2 is 1.96 bits per heavy atom. The van der Waals surface area contributed by atoms with E-state index >= 15 is 0 Å². The van der Waals surface area contributed by atoms with Gasteiger partial charge in [0.1, 0.15) is 11.7 Å². The molecule has 0 aliphatic carbocycles. The summed E-state index contributed by atoms with van der Waals surface area (Å²) in [6, 6.07) is 0. The molecule has 128 valence electrons. The van der Waals surface area contributed by atoms with Gasteiger partial charge in [0.2, 0.25) is 0 Å². The van der Waals surface area contributed by atoms with E-state index in [2.05, 4.69) is 28.4 Å². The van der Waals surface area contributed by atoms with Crippen LogP contribution in [0.25, 0.3) is 0 Å². The minimum atomic E-state index is 0.453. The van der Waals surface area contributed by atoms with Crippen molar-refractivity contribution in [2.45, 2.75) is 53.4 Å². The molecule has 1 fully saturated rings. The zero-order valence-electron chi connectivity index (χ0n) is 15.5. The molecule has 0 aromatic rings. The Balaban J connectivity index is 0.00000127. The van der Waals surface area contributed by atoms with Crippen LogP contribution in [0, 0.1) is 5.92 Å². The topological polar surface area (TPSA) is 40.3 Å². The van der Waals surface area contributed by atoms with Crippen molar-refractivity contribution in [3.8, 4) is 0 Å². The summed E-state index contributed by atoms with van der Waals surface area (Å²) in [7, 11) is 1.74. The van der Waals surface area contributed by atoms with Gasteiger partial charge in [-0.25, -0.2) is 9.98 Å². The van der Waals surface area contributed by atoms with Crippen molar-refractivity contribution in [1.82, 2.24) is 4.90 Å². The Labute approximate surface area is 141 Å². The Hall–Kier alpha value is -1.71. The third-order valence-corrected chi connectivity index (χ3v) is 4.14. The Morgan fingerprint density at radius 3 is 2.52 bits per heavy atom. The lowest BCUT2D eigenvalue weighted by atomic mass is 9.93. The molecule has 2 heterocycles. The van der Waals surface area contributed by atoms with Crippen LogP contribution in [0.3, 0.4) is 0 Å². The van der Waals surface area contributed by atoms with E-state index in [1.165, 1.54) is 30.7 Å². The number of hydrogen-bond donors (Lipinski definition) is 0. The summed E-state index contributed by atoms with van der Waals surface area (Å²) in [6.45, 7) is 14.5. The second kappa shape index (κ2) is 10.1. The van der Waals surface area contributed by atoms with Gasteiger partial charge in [-0.3, -0.25) is 4.99 Å². The molecule has 0 amide bonds. The van der Waals surface area contributed by atoms with Crippen molar-refractivity contribution in [1.29, 1.82) is 0 Å². The van der Waals surface area contributed by atoms with Gasteiger partial charge in [-0.05, 0) is 43.8 Å². The maximum atomic E-state index is 4.71. The van der Waals surface area contributed by atoms with Crippen molar-refractivity contribution in [2.24, 2.45) is 20.9 Å². The summed E-state index contributed by atoms with van der Waals surface area (Å²) < 4.78 is 0. The lowest BCUT2D eigenvalue weighted by molar-refractivity contribution is 0.326. The van der Waals surface area contributed by atoms with Gasteiger partial charge < -0.3 is 4.90 Å². The van der Waals surface area contributed by atoms with Gasteiger partial charge >= 0.3 is 0 Å². The highest BCUT2D eigenvalue weighted by Crippen LogP contribution is 2.26. The third kappa shape index (κ3) is 5.77. The monoisotopic (exact) mass is 316 g/mol. The number of allylic oxidation sites excluding steroid dienone is 2. The highest BCUT2D eigenvalue weighted by atomic mass is 15.2. The summed E-state index contributed by atoms with van der Waals surface area (Å²) in [5, 5.41) is 0. The zero-order valence-corrected chi connectivity index (χ0v) is 15.5. The van der Waals surface area contributed by atoms with Crippen molar-refractivity contribution < 1.29 is 0 Å². The van der Waals surface area contributed by atoms with Gasteiger partial charge in [0, 0.05) is 38.5 Å². The van der Waals surface area contributed by atoms with E-state index in [1.807, 2.05) is 27.0 Å². The number of rotatable bonds is 2. The second-order valence-corrected chi connectivity index (χ2v) is 5.85. The summed E-state index contributed by atoms with van der Waals surface area (Å²) in [5.41, 5.74) is 2.11. The second-order valence-electron chi connectivity index (χ2n) is 5.85. The number of hydrogen-bond acceptors (Lipinski definition) is 3. The van der Waals surface area contributed by atoms with Crippen LogP contribution in [0.4, 0.5) is 0 Å². The molecular weight excluding hydrogens is 284 g/mol. The van der Waals surface area contributed by atoms with Gasteiger partial charge in [0.15, 0.2) is 0 Å². The molecule has 0 aromatic carbocycles. The molecular formula is C19H32N4. The SMILES string of the molecule is C=C(C=NC(C)=NC)C1=CN=C(N2CCCCC2)C(C)C1.CC. The molecule has 0 aromatic heterocycles. The quantitative estimate of drug-likeness (QED) is 0.546. The third-order valence-electron chi connectivity index (χ3n) is 4.14. The van der Waals surface area contributed by atoms with Crippen LogP contribution in [0.1, 0.15) is 53.4 Å². The predicted molar refractivity (Wildman–Crippen MR) is 103 cm³/mol. The van der Waals surface area contributed by atoms with E-state index in [1.54, 1.807) is 13.3 Å². The van der Waals surface area contributed by atoms with Crippen LogP contribution in [0.5, 0.6) is 0 Å². The minimum Gasteiger partial charge on any atom is -0.360 e. The average molecular weight is 316 g/mol. The number of amidine groups is 2. The molecule has 4 nitrogen and oxygen atoms in total. The molecule has 1 saturated heterocycles. The molecule has 0 saturated carbocycles. The first-order chi connectivity index (χ1) is 11.1. The molecule has 2 rings (SSSR count). The van der Waals surface area contributed by atoms with Crippen molar-refractivity contribution >= 4 is 17.9 Å². The number of piperidine rings is 1. The lowest BCUT2D eigenvalue weighted by Gasteiger charge is -2.34. The van der Waals surface area contributed by atoms with Crippen LogP contribution in [-0.2, 0) is 0 Å². The van der Waals surface area contributed by atoms with Gasteiger partial charge in [-0.15, -0.1) is 0 Å². The van der Waals surface area contributed by atoms with E-state index in [4.69, 9.17) is 4.99 Å². The van der Waals surface area contributed by atoms with Crippen molar-refractivity contribution in [2.75, 3.05) is 20.1 Å². The van der Waals surface area contributed by atoms with E-state index in [0.29, 0.717) is 5.92 Å². The summed E-state index contributed by atoms with van der Waals surface area (Å²) in [6.07, 6.45) is 8.68. The molecule has 0 spiro atoms. The molecule has 0 radical (unpaired) electrons. The van der Waals surface area contributed by atoms with Crippen molar-refractivity contribution in [3.05, 3.63) is 23.9 Å². The first-order valence-electron chi connectivity index (χ1n) is 8.80. The Kier molecular flexibility index (Phi) is 8.52. The van der Waals surface area contributed by atoms with Crippen LogP contribution >= 0.6 is 0 Å². The largest absolute Gasteiger partial charge is 0.360 e. The van der Waals surface area contributed by atoms with E-state index in [9.17, 15) is 0 Å². The van der Waals surface area contributed by atoms with Gasteiger partial charge in [0.25, 0.3) is 0 Å². The van der Waals surface area contributed by atoms with Crippen LogP contribution in [-0.4, -0.2) is 42.9 Å². The Bertz CT molecular complexity index is 505. The molecule has 0 bridgehead atoms. The maximum absolute atomic E-state index is 4.71. The molecule has 2 aliphatic heterocycles. The van der Waals surface area contributed by atoms with E-state index in [0.717, 1.165) is 30.9 Å². The molecule has 1 unspecified atom stereocenters. The number of nitrogens with zero attached hydrogens (tertiary/aromatic N) is 4. The first kappa shape index (κ1) is 19.3. The fourth-order valence-corrected chi connectivity index (χ4v) is 2.79. The molecule has 2 aliphatic rings. The standard InChI is InChI=1S/C17H26N4.C2H6/c1-13-10-16(14(2)11-19-15(3)18-4)12-20-17(13)21-8-6-5-7-9-21;1-2/h11-13H,2,5-10H2,1,3-4H3;1-2H3. The number of likely N-dealkylation sites (tertiary alicyclic amines) is 1. The number of aliphatic imine (C=N–C) groups is 3. The fraction of sp³-hybridized carbons (Fsp3) is 0.632. The normalized spacial score (nSPS) is 22.2. The predicted octanol–water partition coefficient (Wildman–Crippen LogP) is 4.50. The molecule has 4 heteroatoms. The summed E-state index contributed by atoms with van der Waals surface area (Å²) in [5.74, 6) is 2.46. The smallest absolute Gasteiger partial charge is 0.119 e.